The number of H-pyrrole nitrogens is 1. The molecule has 3 aromatic rings. The minimum Gasteiger partial charge on any atom is -0.491 e. The first kappa shape index (κ1) is 14.3. The van der Waals surface area contributed by atoms with Crippen molar-refractivity contribution in [2.75, 3.05) is 6.61 Å². The van der Waals surface area contributed by atoms with E-state index in [0.717, 1.165) is 33.9 Å². The second kappa shape index (κ2) is 5.99. The fourth-order valence-electron chi connectivity index (χ4n) is 2.25. The Bertz CT molecular complexity index is 816. The van der Waals surface area contributed by atoms with Gasteiger partial charge in [0.15, 0.2) is 4.77 Å². The molecule has 0 amide bonds. The highest BCUT2D eigenvalue weighted by Gasteiger charge is 2.10. The molecule has 0 bridgehead atoms. The number of imidazole rings is 1. The lowest BCUT2D eigenvalue weighted by Crippen LogP contribution is -1.99. The third-order valence-electron chi connectivity index (χ3n) is 3.19. The summed E-state index contributed by atoms with van der Waals surface area (Å²) >= 11 is 7.12. The number of fused-ring (bicyclic) bond motifs is 1. The zero-order valence-corrected chi connectivity index (χ0v) is 13.7. The maximum atomic E-state index is 5.79. The van der Waals surface area contributed by atoms with Crippen LogP contribution in [0.1, 0.15) is 24.0 Å². The second-order valence-electron chi connectivity index (χ2n) is 4.90. The topological polar surface area (TPSA) is 42.8 Å². The average molecular weight is 319 g/mol. The number of thiazole rings is 1. The molecule has 110 valence electrons. The summed E-state index contributed by atoms with van der Waals surface area (Å²) in [5.41, 5.74) is 3.07. The predicted octanol–water partition coefficient (Wildman–Crippen LogP) is 4.30. The smallest absolute Gasteiger partial charge is 0.178 e. The van der Waals surface area contributed by atoms with Crippen molar-refractivity contribution in [3.05, 3.63) is 39.1 Å². The molecule has 0 saturated heterocycles. The maximum absolute atomic E-state index is 5.79. The molecule has 6 heteroatoms. The molecule has 0 aliphatic rings. The van der Waals surface area contributed by atoms with Crippen LogP contribution >= 0.6 is 23.6 Å². The van der Waals surface area contributed by atoms with Crippen molar-refractivity contribution in [2.24, 2.45) is 0 Å². The van der Waals surface area contributed by atoms with Crippen molar-refractivity contribution in [1.82, 2.24) is 14.5 Å². The fourth-order valence-corrected chi connectivity index (χ4v) is 3.28. The molecule has 0 unspecified atom stereocenters. The molecule has 0 spiro atoms. The van der Waals surface area contributed by atoms with Gasteiger partial charge in [-0.1, -0.05) is 13.0 Å². The van der Waals surface area contributed by atoms with Crippen molar-refractivity contribution >= 4 is 34.6 Å². The summed E-state index contributed by atoms with van der Waals surface area (Å²) in [6, 6.07) is 6.03. The normalized spacial score (nSPS) is 11.1. The molecule has 1 aromatic carbocycles. The quantitative estimate of drug-likeness (QED) is 0.713. The standard InChI is InChI=1S/C15H17N3OS2/c1-3-7-19-12-6-4-5-11-14(12)17-15(20)18(11)8-13-16-10(2)9-21-13/h4-6,9H,3,7-8H2,1-2H3,(H,17,20). The molecule has 0 atom stereocenters. The molecule has 0 fully saturated rings. The SMILES string of the molecule is CCCOc1cccc2c1[nH]c(=S)n2Cc1nc(C)cs1. The number of hydrogen-bond acceptors (Lipinski definition) is 4. The number of nitrogens with zero attached hydrogens (tertiary/aromatic N) is 2. The Morgan fingerprint density at radius 3 is 3.00 bits per heavy atom. The van der Waals surface area contributed by atoms with E-state index in [1.807, 2.05) is 19.1 Å². The minimum atomic E-state index is 0.689. The van der Waals surface area contributed by atoms with Crippen LogP contribution in [-0.2, 0) is 6.54 Å². The molecule has 0 aliphatic carbocycles. The number of ether oxygens (including phenoxy) is 1. The molecule has 1 N–H and O–H groups in total. The number of aryl methyl sites for hydroxylation is 1. The highest BCUT2D eigenvalue weighted by Crippen LogP contribution is 2.26. The molecule has 0 aliphatic heterocycles. The van der Waals surface area contributed by atoms with Gasteiger partial charge in [-0.2, -0.15) is 0 Å². The van der Waals surface area contributed by atoms with Crippen molar-refractivity contribution in [3.63, 3.8) is 0 Å². The lowest BCUT2D eigenvalue weighted by molar-refractivity contribution is 0.320. The third-order valence-corrected chi connectivity index (χ3v) is 4.47. The van der Waals surface area contributed by atoms with Gasteiger partial charge >= 0.3 is 0 Å². The zero-order valence-electron chi connectivity index (χ0n) is 12.0. The number of aromatic amines is 1. The number of rotatable bonds is 5. The van der Waals surface area contributed by atoms with Crippen LogP contribution in [0.25, 0.3) is 11.0 Å². The number of benzene rings is 1. The molecule has 2 aromatic heterocycles. The van der Waals surface area contributed by atoms with Crippen LogP contribution in [0.3, 0.4) is 0 Å². The summed E-state index contributed by atoms with van der Waals surface area (Å²) in [6.07, 6.45) is 0.982. The number of para-hydroxylation sites is 1. The molecular weight excluding hydrogens is 302 g/mol. The summed E-state index contributed by atoms with van der Waals surface area (Å²) in [4.78, 5) is 7.77. The van der Waals surface area contributed by atoms with Crippen LogP contribution in [0.5, 0.6) is 5.75 Å². The van der Waals surface area contributed by atoms with E-state index in [-0.39, 0.29) is 0 Å². The van der Waals surface area contributed by atoms with Gasteiger partial charge < -0.3 is 14.3 Å². The van der Waals surface area contributed by atoms with Crippen molar-refractivity contribution < 1.29 is 4.74 Å². The first-order valence-corrected chi connectivity index (χ1v) is 8.23. The van der Waals surface area contributed by atoms with Gasteiger partial charge in [0.1, 0.15) is 16.3 Å². The Morgan fingerprint density at radius 2 is 2.29 bits per heavy atom. The van der Waals surface area contributed by atoms with Crippen molar-refractivity contribution in [2.45, 2.75) is 26.8 Å². The predicted molar refractivity (Wildman–Crippen MR) is 88.9 cm³/mol. The third kappa shape index (κ3) is 2.87. The maximum Gasteiger partial charge on any atom is 0.178 e. The van der Waals surface area contributed by atoms with E-state index < -0.39 is 0 Å². The van der Waals surface area contributed by atoms with Gasteiger partial charge in [-0.15, -0.1) is 11.3 Å². The molecule has 4 nitrogen and oxygen atoms in total. The van der Waals surface area contributed by atoms with Gasteiger partial charge in [-0.25, -0.2) is 4.98 Å². The Balaban J connectivity index is 2.03. The van der Waals surface area contributed by atoms with Crippen LogP contribution in [0.2, 0.25) is 0 Å². The minimum absolute atomic E-state index is 0.689. The molecular formula is C15H17N3OS2. The number of hydrogen-bond donors (Lipinski definition) is 1. The first-order valence-electron chi connectivity index (χ1n) is 6.94. The molecule has 0 radical (unpaired) electrons. The lowest BCUT2D eigenvalue weighted by Gasteiger charge is -2.06. The molecule has 3 rings (SSSR count). The van der Waals surface area contributed by atoms with Gasteiger partial charge in [0.25, 0.3) is 0 Å². The first-order chi connectivity index (χ1) is 10.2. The van der Waals surface area contributed by atoms with Crippen LogP contribution in [0.4, 0.5) is 0 Å². The van der Waals surface area contributed by atoms with Gasteiger partial charge in [0, 0.05) is 11.1 Å². The van der Waals surface area contributed by atoms with Gasteiger partial charge in [-0.3, -0.25) is 0 Å². The van der Waals surface area contributed by atoms with Crippen LogP contribution in [0.15, 0.2) is 23.6 Å². The van der Waals surface area contributed by atoms with Crippen LogP contribution < -0.4 is 4.74 Å². The summed E-state index contributed by atoms with van der Waals surface area (Å²) < 4.78 is 8.56. The van der Waals surface area contributed by atoms with Gasteiger partial charge in [-0.05, 0) is 37.7 Å². The van der Waals surface area contributed by atoms with E-state index >= 15 is 0 Å². The Kier molecular flexibility index (Phi) is 4.07. The number of aromatic nitrogens is 3. The Labute approximate surface area is 132 Å². The van der Waals surface area contributed by atoms with Crippen LogP contribution in [-0.4, -0.2) is 21.1 Å². The van der Waals surface area contributed by atoms with E-state index in [2.05, 4.69) is 32.9 Å². The fraction of sp³-hybridized carbons (Fsp3) is 0.333. The Morgan fingerprint density at radius 1 is 1.43 bits per heavy atom. The van der Waals surface area contributed by atoms with Crippen molar-refractivity contribution in [1.29, 1.82) is 0 Å². The zero-order chi connectivity index (χ0) is 14.8. The van der Waals surface area contributed by atoms with E-state index in [9.17, 15) is 0 Å². The summed E-state index contributed by atoms with van der Waals surface area (Å²) in [5, 5.41) is 3.12. The molecule has 0 saturated carbocycles. The summed E-state index contributed by atoms with van der Waals surface area (Å²) in [6.45, 7) is 5.49. The monoisotopic (exact) mass is 319 g/mol. The van der Waals surface area contributed by atoms with Crippen LogP contribution in [0, 0.1) is 11.7 Å². The van der Waals surface area contributed by atoms with Gasteiger partial charge in [0.05, 0.1) is 18.7 Å². The highest BCUT2D eigenvalue weighted by molar-refractivity contribution is 7.71. The summed E-state index contributed by atoms with van der Waals surface area (Å²) in [7, 11) is 0. The Hall–Kier alpha value is -1.66. The average Bonchev–Trinajstić information content (AvgIpc) is 3.02. The number of nitrogens with one attached hydrogen (secondary N) is 1. The van der Waals surface area contributed by atoms with E-state index in [1.165, 1.54) is 0 Å². The summed E-state index contributed by atoms with van der Waals surface area (Å²) in [5.74, 6) is 0.856. The molecule has 21 heavy (non-hydrogen) atoms. The molecule has 2 heterocycles. The van der Waals surface area contributed by atoms with E-state index in [1.54, 1.807) is 11.3 Å². The highest BCUT2D eigenvalue weighted by atomic mass is 32.1. The van der Waals surface area contributed by atoms with E-state index in [0.29, 0.717) is 17.9 Å². The van der Waals surface area contributed by atoms with Crippen molar-refractivity contribution in [3.8, 4) is 5.75 Å². The van der Waals surface area contributed by atoms with Gasteiger partial charge in [0.2, 0.25) is 0 Å². The largest absolute Gasteiger partial charge is 0.491 e. The van der Waals surface area contributed by atoms with E-state index in [4.69, 9.17) is 17.0 Å². The second-order valence-corrected chi connectivity index (χ2v) is 6.23. The lowest BCUT2D eigenvalue weighted by atomic mass is 10.3.